The lowest BCUT2D eigenvalue weighted by atomic mass is 10.2. The minimum Gasteiger partial charge on any atom is -0.486 e. The number of nitrogens with zero attached hydrogens (tertiary/aromatic N) is 1. The summed E-state index contributed by atoms with van der Waals surface area (Å²) in [5, 5.41) is 13.1. The highest BCUT2D eigenvalue weighted by Crippen LogP contribution is 2.27. The van der Waals surface area contributed by atoms with Crippen LogP contribution >= 0.6 is 11.6 Å². The second-order valence-electron chi connectivity index (χ2n) is 6.47. The monoisotopic (exact) mass is 462 g/mol. The first kappa shape index (κ1) is 22.8. The van der Waals surface area contributed by atoms with E-state index in [2.05, 4.69) is 5.32 Å². The molecule has 0 saturated carbocycles. The first-order valence-corrected chi connectivity index (χ1v) is 9.53. The van der Waals surface area contributed by atoms with E-state index in [0.29, 0.717) is 11.5 Å². The third-order valence-corrected chi connectivity index (χ3v) is 4.44. The summed E-state index contributed by atoms with van der Waals surface area (Å²) in [6, 6.07) is 11.8. The van der Waals surface area contributed by atoms with Gasteiger partial charge in [-0.3, -0.25) is 14.9 Å². The fourth-order valence-corrected chi connectivity index (χ4v) is 2.70. The van der Waals surface area contributed by atoms with E-state index in [1.54, 1.807) is 0 Å². The fraction of sp³-hybridized carbons (Fsp3) is 0.143. The summed E-state index contributed by atoms with van der Waals surface area (Å²) in [4.78, 5) is 34.7. The summed E-state index contributed by atoms with van der Waals surface area (Å²) < 4.78 is 28.8. The van der Waals surface area contributed by atoms with Crippen LogP contribution in [0.15, 0.2) is 59.0 Å². The molecule has 1 atom stereocenters. The van der Waals surface area contributed by atoms with Gasteiger partial charge in [-0.2, -0.15) is 0 Å². The maximum atomic E-state index is 12.9. The standard InChI is InChI=1S/C21H16ClFN2O7/c1-12(20(26)24-18-8-4-14(25(28)29)10-17(18)22)31-21(27)19-9-7-16(32-19)11-30-15-5-2-13(23)3-6-15/h2-10,12H,11H2,1H3,(H,24,26). The van der Waals surface area contributed by atoms with Crippen LogP contribution in [0.5, 0.6) is 5.75 Å². The van der Waals surface area contributed by atoms with Gasteiger partial charge in [0.25, 0.3) is 11.6 Å². The number of nitrogens with one attached hydrogen (secondary N) is 1. The molecule has 11 heteroatoms. The molecule has 3 rings (SSSR count). The molecule has 1 amide bonds. The minimum absolute atomic E-state index is 0.00635. The fourth-order valence-electron chi connectivity index (χ4n) is 2.48. The number of furan rings is 1. The van der Waals surface area contributed by atoms with Crippen molar-refractivity contribution in [2.75, 3.05) is 5.32 Å². The van der Waals surface area contributed by atoms with Crippen molar-refractivity contribution >= 4 is 34.9 Å². The van der Waals surface area contributed by atoms with Gasteiger partial charge < -0.3 is 19.2 Å². The van der Waals surface area contributed by atoms with Crippen LogP contribution in [0.1, 0.15) is 23.2 Å². The molecule has 0 fully saturated rings. The zero-order valence-corrected chi connectivity index (χ0v) is 17.3. The molecule has 1 unspecified atom stereocenters. The second kappa shape index (κ2) is 9.92. The van der Waals surface area contributed by atoms with Gasteiger partial charge in [0, 0.05) is 12.1 Å². The molecular formula is C21H16ClFN2O7. The molecule has 1 heterocycles. The molecule has 2 aromatic carbocycles. The summed E-state index contributed by atoms with van der Waals surface area (Å²) in [5.74, 6) is -1.38. The Morgan fingerprint density at radius 1 is 1.19 bits per heavy atom. The summed E-state index contributed by atoms with van der Waals surface area (Å²) in [6.45, 7) is 1.33. The molecule has 0 aliphatic heterocycles. The van der Waals surface area contributed by atoms with Crippen LogP contribution in [0.3, 0.4) is 0 Å². The zero-order valence-electron chi connectivity index (χ0n) is 16.5. The maximum Gasteiger partial charge on any atom is 0.375 e. The van der Waals surface area contributed by atoms with Gasteiger partial charge in [0.15, 0.2) is 6.10 Å². The predicted molar refractivity (Wildman–Crippen MR) is 111 cm³/mol. The Morgan fingerprint density at radius 3 is 2.56 bits per heavy atom. The molecule has 0 aliphatic rings. The van der Waals surface area contributed by atoms with E-state index in [4.69, 9.17) is 25.5 Å². The Morgan fingerprint density at radius 2 is 1.91 bits per heavy atom. The number of hydrogen-bond donors (Lipinski definition) is 1. The zero-order chi connectivity index (χ0) is 23.3. The number of nitro benzene ring substituents is 1. The predicted octanol–water partition coefficient (Wildman–Crippen LogP) is 4.74. The van der Waals surface area contributed by atoms with Crippen LogP contribution in [0.25, 0.3) is 0 Å². The van der Waals surface area contributed by atoms with Crippen molar-refractivity contribution < 1.29 is 32.8 Å². The number of carbonyl (C=O) groups excluding carboxylic acids is 2. The minimum atomic E-state index is -1.21. The highest BCUT2D eigenvalue weighted by Gasteiger charge is 2.22. The van der Waals surface area contributed by atoms with E-state index in [1.165, 1.54) is 55.5 Å². The molecule has 3 aromatic rings. The summed E-state index contributed by atoms with van der Waals surface area (Å²) in [6.07, 6.45) is -1.21. The number of rotatable bonds is 8. The highest BCUT2D eigenvalue weighted by atomic mass is 35.5. The number of halogens is 2. The largest absolute Gasteiger partial charge is 0.486 e. The van der Waals surface area contributed by atoms with Crippen LogP contribution in [0.4, 0.5) is 15.8 Å². The van der Waals surface area contributed by atoms with Crippen LogP contribution in [-0.4, -0.2) is 22.9 Å². The number of esters is 1. The molecular weight excluding hydrogens is 447 g/mol. The Hall–Kier alpha value is -3.92. The Bertz CT molecular complexity index is 1150. The Labute approximate surface area is 185 Å². The Kier molecular flexibility index (Phi) is 7.06. The summed E-state index contributed by atoms with van der Waals surface area (Å²) in [7, 11) is 0. The first-order chi connectivity index (χ1) is 15.2. The Balaban J connectivity index is 1.54. The molecule has 1 aromatic heterocycles. The molecule has 0 saturated heterocycles. The van der Waals surface area contributed by atoms with Gasteiger partial charge in [0.05, 0.1) is 15.6 Å². The van der Waals surface area contributed by atoms with Gasteiger partial charge in [-0.25, -0.2) is 9.18 Å². The number of carbonyl (C=O) groups is 2. The van der Waals surface area contributed by atoms with Gasteiger partial charge in [0.2, 0.25) is 5.76 Å². The molecule has 0 aliphatic carbocycles. The molecule has 166 valence electrons. The number of ether oxygens (including phenoxy) is 2. The average molecular weight is 463 g/mol. The van der Waals surface area contributed by atoms with Gasteiger partial charge in [-0.1, -0.05) is 11.6 Å². The van der Waals surface area contributed by atoms with E-state index in [0.717, 1.165) is 6.07 Å². The van der Waals surface area contributed by atoms with E-state index in [9.17, 15) is 24.1 Å². The van der Waals surface area contributed by atoms with Crippen molar-refractivity contribution in [3.63, 3.8) is 0 Å². The molecule has 9 nitrogen and oxygen atoms in total. The average Bonchev–Trinajstić information content (AvgIpc) is 3.23. The number of benzene rings is 2. The topological polar surface area (TPSA) is 121 Å². The van der Waals surface area contributed by atoms with E-state index >= 15 is 0 Å². The lowest BCUT2D eigenvalue weighted by Crippen LogP contribution is -2.30. The lowest BCUT2D eigenvalue weighted by molar-refractivity contribution is -0.384. The van der Waals surface area contributed by atoms with Crippen LogP contribution < -0.4 is 10.1 Å². The van der Waals surface area contributed by atoms with Crippen LogP contribution in [0.2, 0.25) is 5.02 Å². The number of amides is 1. The normalized spacial score (nSPS) is 11.5. The van der Waals surface area contributed by atoms with E-state index in [-0.39, 0.29) is 28.8 Å². The van der Waals surface area contributed by atoms with Gasteiger partial charge >= 0.3 is 5.97 Å². The van der Waals surface area contributed by atoms with Crippen molar-refractivity contribution in [1.82, 2.24) is 0 Å². The van der Waals surface area contributed by atoms with Gasteiger partial charge in [-0.15, -0.1) is 0 Å². The smallest absolute Gasteiger partial charge is 0.375 e. The first-order valence-electron chi connectivity index (χ1n) is 9.16. The molecule has 0 spiro atoms. The number of hydrogen-bond acceptors (Lipinski definition) is 7. The summed E-state index contributed by atoms with van der Waals surface area (Å²) >= 11 is 5.94. The number of nitro groups is 1. The molecule has 0 radical (unpaired) electrons. The third-order valence-electron chi connectivity index (χ3n) is 4.13. The van der Waals surface area contributed by atoms with Gasteiger partial charge in [-0.05, 0) is 49.4 Å². The highest BCUT2D eigenvalue weighted by molar-refractivity contribution is 6.34. The van der Waals surface area contributed by atoms with Crippen molar-refractivity contribution in [1.29, 1.82) is 0 Å². The van der Waals surface area contributed by atoms with E-state index < -0.39 is 28.7 Å². The van der Waals surface area contributed by atoms with E-state index in [1.807, 2.05) is 0 Å². The van der Waals surface area contributed by atoms with Crippen molar-refractivity contribution in [3.05, 3.63) is 87.1 Å². The SMILES string of the molecule is CC(OC(=O)c1ccc(COc2ccc(F)cc2)o1)C(=O)Nc1ccc([N+](=O)[O-])cc1Cl. The second-order valence-corrected chi connectivity index (χ2v) is 6.87. The van der Waals surface area contributed by atoms with Crippen molar-refractivity contribution in [2.24, 2.45) is 0 Å². The van der Waals surface area contributed by atoms with Crippen LogP contribution in [0, 0.1) is 15.9 Å². The summed E-state index contributed by atoms with van der Waals surface area (Å²) in [5.41, 5.74) is -0.104. The van der Waals surface area contributed by atoms with Gasteiger partial charge in [0.1, 0.15) is 23.9 Å². The van der Waals surface area contributed by atoms with Crippen molar-refractivity contribution in [3.8, 4) is 5.75 Å². The molecule has 0 bridgehead atoms. The number of non-ortho nitro benzene ring substituents is 1. The number of anilines is 1. The maximum absolute atomic E-state index is 12.9. The van der Waals surface area contributed by atoms with Crippen molar-refractivity contribution in [2.45, 2.75) is 19.6 Å². The quantitative estimate of drug-likeness (QED) is 0.291. The van der Waals surface area contributed by atoms with Crippen LogP contribution in [-0.2, 0) is 16.1 Å². The molecule has 32 heavy (non-hydrogen) atoms. The third kappa shape index (κ3) is 5.82. The lowest BCUT2D eigenvalue weighted by Gasteiger charge is -2.13. The molecule has 1 N–H and O–H groups in total.